The van der Waals surface area contributed by atoms with Gasteiger partial charge in [-0.15, -0.1) is 0 Å². The van der Waals surface area contributed by atoms with E-state index in [9.17, 15) is 14.4 Å². The van der Waals surface area contributed by atoms with Gasteiger partial charge >= 0.3 is 5.97 Å². The smallest absolute Gasteiger partial charge is 0.326 e. The van der Waals surface area contributed by atoms with Crippen molar-refractivity contribution in [3.8, 4) is 0 Å². The summed E-state index contributed by atoms with van der Waals surface area (Å²) in [6.07, 6.45) is -1.21. The number of hydrogen-bond donors (Lipinski definition) is 2. The molecule has 0 spiro atoms. The van der Waals surface area contributed by atoms with Gasteiger partial charge in [-0.05, 0) is 58.4 Å². The number of aryl methyl sites for hydroxylation is 1. The lowest BCUT2D eigenvalue weighted by molar-refractivity contribution is -0.177. The number of nitrogens with zero attached hydrogens (tertiary/aromatic N) is 1. The molecule has 0 bridgehead atoms. The van der Waals surface area contributed by atoms with E-state index in [1.807, 2.05) is 6.92 Å². The first-order valence-corrected chi connectivity index (χ1v) is 9.72. The molecule has 2 atom stereocenters. The number of esters is 1. The second kappa shape index (κ2) is 9.11. The molecule has 9 nitrogen and oxygen atoms in total. The Labute approximate surface area is 176 Å². The molecule has 0 aromatic heterocycles. The van der Waals surface area contributed by atoms with Gasteiger partial charge in [0.05, 0.1) is 6.61 Å². The molecule has 3 N–H and O–H groups in total. The first kappa shape index (κ1) is 23.8. The Bertz CT molecular complexity index is 819. The summed E-state index contributed by atoms with van der Waals surface area (Å²) in [6.45, 7) is 9.31. The van der Waals surface area contributed by atoms with Crippen molar-refractivity contribution < 1.29 is 28.6 Å². The summed E-state index contributed by atoms with van der Waals surface area (Å²) in [5, 5.41) is 2.72. The predicted molar refractivity (Wildman–Crippen MR) is 112 cm³/mol. The maximum atomic E-state index is 13.1. The molecule has 1 saturated heterocycles. The number of nitrogens with two attached hydrogens (primary N) is 1. The number of amides is 2. The van der Waals surface area contributed by atoms with E-state index >= 15 is 0 Å². The van der Waals surface area contributed by atoms with Crippen molar-refractivity contribution in [1.82, 2.24) is 0 Å². The Hall–Kier alpha value is -2.49. The van der Waals surface area contributed by atoms with Crippen molar-refractivity contribution in [1.29, 1.82) is 0 Å². The first-order chi connectivity index (χ1) is 13.9. The molecule has 0 saturated carbocycles. The summed E-state index contributed by atoms with van der Waals surface area (Å²) in [7, 11) is 1.32. The van der Waals surface area contributed by atoms with Crippen molar-refractivity contribution in [2.24, 2.45) is 11.1 Å². The molecule has 0 aliphatic carbocycles. The Morgan fingerprint density at radius 2 is 1.93 bits per heavy atom. The summed E-state index contributed by atoms with van der Waals surface area (Å²) < 4.78 is 15.7. The molecule has 1 aliphatic heterocycles. The van der Waals surface area contributed by atoms with Gasteiger partial charge in [0.1, 0.15) is 18.4 Å². The van der Waals surface area contributed by atoms with Crippen LogP contribution in [0.5, 0.6) is 0 Å². The van der Waals surface area contributed by atoms with E-state index in [1.165, 1.54) is 14.0 Å². The standard InChI is InChI=1S/C21H31N3O6/c1-13-11-14(7-8-15(13)24-9-10-29-12-16(24)25)23-18(26)21(5,17(22)28-6)19(27)30-20(2,3)4/h7-8,11,17H,9-10,12,22H2,1-6H3,(H,23,26)/t17?,21-/m1/s1. The van der Waals surface area contributed by atoms with Crippen LogP contribution in [0.25, 0.3) is 0 Å². The van der Waals surface area contributed by atoms with Gasteiger partial charge in [0.15, 0.2) is 5.41 Å². The van der Waals surface area contributed by atoms with Gasteiger partial charge < -0.3 is 30.2 Å². The molecular weight excluding hydrogens is 390 g/mol. The van der Waals surface area contributed by atoms with Crippen LogP contribution in [-0.2, 0) is 28.6 Å². The average molecular weight is 421 g/mol. The van der Waals surface area contributed by atoms with Crippen LogP contribution < -0.4 is 16.0 Å². The van der Waals surface area contributed by atoms with Crippen LogP contribution >= 0.6 is 0 Å². The minimum atomic E-state index is -1.77. The maximum absolute atomic E-state index is 13.1. The topological polar surface area (TPSA) is 120 Å². The SMILES string of the molecule is COC(N)[C@](C)(C(=O)Nc1ccc(N2CCOCC2=O)c(C)c1)C(=O)OC(C)(C)C. The zero-order chi connectivity index (χ0) is 22.7. The molecule has 1 heterocycles. The Balaban J connectivity index is 2.26. The summed E-state index contributed by atoms with van der Waals surface area (Å²) in [5.74, 6) is -1.56. The zero-order valence-electron chi connectivity index (χ0n) is 18.4. The van der Waals surface area contributed by atoms with Crippen LogP contribution in [0.1, 0.15) is 33.3 Å². The molecule has 1 fully saturated rings. The molecule has 2 amide bonds. The second-order valence-corrected chi connectivity index (χ2v) is 8.41. The third-order valence-corrected chi connectivity index (χ3v) is 4.85. The molecule has 1 aliphatic rings. The Morgan fingerprint density at radius 3 is 2.47 bits per heavy atom. The fraction of sp³-hybridized carbons (Fsp3) is 0.571. The Morgan fingerprint density at radius 1 is 1.27 bits per heavy atom. The highest BCUT2D eigenvalue weighted by Crippen LogP contribution is 2.30. The number of rotatable bonds is 6. The van der Waals surface area contributed by atoms with E-state index in [-0.39, 0.29) is 12.5 Å². The van der Waals surface area contributed by atoms with Crippen molar-refractivity contribution in [2.45, 2.75) is 46.4 Å². The summed E-state index contributed by atoms with van der Waals surface area (Å²) in [5.41, 5.74) is 5.38. The molecule has 1 aromatic carbocycles. The second-order valence-electron chi connectivity index (χ2n) is 8.41. The van der Waals surface area contributed by atoms with Crippen LogP contribution in [0.3, 0.4) is 0 Å². The molecule has 30 heavy (non-hydrogen) atoms. The highest BCUT2D eigenvalue weighted by atomic mass is 16.6. The quantitative estimate of drug-likeness (QED) is 0.406. The third-order valence-electron chi connectivity index (χ3n) is 4.85. The van der Waals surface area contributed by atoms with Gasteiger partial charge in [0.25, 0.3) is 5.91 Å². The van der Waals surface area contributed by atoms with E-state index in [0.717, 1.165) is 11.3 Å². The van der Waals surface area contributed by atoms with Crippen LogP contribution in [0.2, 0.25) is 0 Å². The number of methoxy groups -OCH3 is 1. The minimum Gasteiger partial charge on any atom is -0.459 e. The van der Waals surface area contributed by atoms with E-state index in [4.69, 9.17) is 19.9 Å². The molecular formula is C21H31N3O6. The van der Waals surface area contributed by atoms with E-state index in [1.54, 1.807) is 43.9 Å². The first-order valence-electron chi connectivity index (χ1n) is 9.72. The maximum Gasteiger partial charge on any atom is 0.326 e. The zero-order valence-corrected chi connectivity index (χ0v) is 18.4. The number of morpholine rings is 1. The molecule has 9 heteroatoms. The largest absolute Gasteiger partial charge is 0.459 e. The van der Waals surface area contributed by atoms with Crippen molar-refractivity contribution in [3.05, 3.63) is 23.8 Å². The predicted octanol–water partition coefficient (Wildman–Crippen LogP) is 1.58. The normalized spacial score (nSPS) is 17.8. The highest BCUT2D eigenvalue weighted by Gasteiger charge is 2.50. The number of benzene rings is 1. The lowest BCUT2D eigenvalue weighted by Crippen LogP contribution is -2.56. The van der Waals surface area contributed by atoms with Crippen LogP contribution in [0, 0.1) is 12.3 Å². The van der Waals surface area contributed by atoms with Gasteiger partial charge in [-0.1, -0.05) is 0 Å². The van der Waals surface area contributed by atoms with Gasteiger partial charge in [0, 0.05) is 25.0 Å². The minimum absolute atomic E-state index is 0.0427. The highest BCUT2D eigenvalue weighted by molar-refractivity contribution is 6.09. The number of nitrogens with one attached hydrogen (secondary N) is 1. The van der Waals surface area contributed by atoms with Gasteiger partial charge in [-0.25, -0.2) is 0 Å². The number of ether oxygens (including phenoxy) is 3. The molecule has 0 radical (unpaired) electrons. The average Bonchev–Trinajstić information content (AvgIpc) is 2.66. The third kappa shape index (κ3) is 5.16. The van der Waals surface area contributed by atoms with Gasteiger partial charge in [0.2, 0.25) is 5.91 Å². The van der Waals surface area contributed by atoms with E-state index in [2.05, 4.69) is 5.32 Å². The molecule has 1 aromatic rings. The molecule has 166 valence electrons. The lowest BCUT2D eigenvalue weighted by atomic mass is 9.87. The number of carbonyl (C=O) groups excluding carboxylic acids is 3. The van der Waals surface area contributed by atoms with Gasteiger partial charge in [-0.2, -0.15) is 0 Å². The van der Waals surface area contributed by atoms with Crippen molar-refractivity contribution in [3.63, 3.8) is 0 Å². The monoisotopic (exact) mass is 421 g/mol. The summed E-state index contributed by atoms with van der Waals surface area (Å²) >= 11 is 0. The molecule has 2 rings (SSSR count). The lowest BCUT2D eigenvalue weighted by Gasteiger charge is -2.33. The Kier molecular flexibility index (Phi) is 7.23. The van der Waals surface area contributed by atoms with E-state index < -0.39 is 29.1 Å². The number of carbonyl (C=O) groups is 3. The van der Waals surface area contributed by atoms with E-state index in [0.29, 0.717) is 18.8 Å². The van der Waals surface area contributed by atoms with Crippen LogP contribution in [0.15, 0.2) is 18.2 Å². The fourth-order valence-corrected chi connectivity index (χ4v) is 3.03. The van der Waals surface area contributed by atoms with Crippen molar-refractivity contribution >= 4 is 29.2 Å². The van der Waals surface area contributed by atoms with Crippen molar-refractivity contribution in [2.75, 3.05) is 37.1 Å². The fourth-order valence-electron chi connectivity index (χ4n) is 3.03. The summed E-state index contributed by atoms with van der Waals surface area (Å²) in [4.78, 5) is 39.6. The van der Waals surface area contributed by atoms with Gasteiger partial charge in [-0.3, -0.25) is 14.4 Å². The number of anilines is 2. The number of hydrogen-bond acceptors (Lipinski definition) is 7. The summed E-state index contributed by atoms with van der Waals surface area (Å²) in [6, 6.07) is 5.13. The van der Waals surface area contributed by atoms with Crippen LogP contribution in [0.4, 0.5) is 11.4 Å². The van der Waals surface area contributed by atoms with Crippen LogP contribution in [-0.4, -0.2) is 56.5 Å². The molecule has 1 unspecified atom stereocenters.